The van der Waals surface area contributed by atoms with E-state index in [0.29, 0.717) is 6.42 Å². The monoisotopic (exact) mass is 263 g/mol. The summed E-state index contributed by atoms with van der Waals surface area (Å²) in [6.07, 6.45) is 4.84. The molecule has 2 amide bonds. The lowest BCUT2D eigenvalue weighted by molar-refractivity contribution is -0.124. The van der Waals surface area contributed by atoms with Crippen molar-refractivity contribution in [2.75, 3.05) is 12.4 Å². The molecule has 1 rings (SSSR count). The Balaban J connectivity index is 1.95. The molecule has 1 saturated heterocycles. The smallest absolute Gasteiger partial charge is 0.240 e. The normalized spacial score (nSPS) is 20.2. The van der Waals surface area contributed by atoms with Crippen molar-refractivity contribution in [3.63, 3.8) is 0 Å². The highest BCUT2D eigenvalue weighted by Crippen LogP contribution is 2.20. The molecule has 16 heavy (non-hydrogen) atoms. The predicted molar refractivity (Wildman–Crippen MR) is 68.1 cm³/mol. The van der Waals surface area contributed by atoms with Crippen LogP contribution in [0.25, 0.3) is 0 Å². The van der Waals surface area contributed by atoms with Crippen molar-refractivity contribution in [2.24, 2.45) is 0 Å². The molecule has 0 radical (unpaired) electrons. The Morgan fingerprint density at radius 1 is 1.31 bits per heavy atom. The van der Waals surface area contributed by atoms with Gasteiger partial charge in [0.05, 0.1) is 11.9 Å². The number of hydrogen-bond acceptors (Lipinski definition) is 4. The van der Waals surface area contributed by atoms with Crippen LogP contribution in [-0.2, 0) is 14.1 Å². The lowest BCUT2D eigenvalue weighted by Gasteiger charge is -2.05. The molecule has 0 aromatic carbocycles. The second kappa shape index (κ2) is 8.04. The Bertz CT molecular complexity index is 250. The summed E-state index contributed by atoms with van der Waals surface area (Å²) < 4.78 is 4.88. The highest BCUT2D eigenvalue weighted by molar-refractivity contribution is 8.00. The van der Waals surface area contributed by atoms with E-state index in [0.717, 1.165) is 38.0 Å². The quantitative estimate of drug-likeness (QED) is 0.409. The SMILES string of the molecule is O=C1CC(SCCCCCCOP)C(=O)N1. The summed E-state index contributed by atoms with van der Waals surface area (Å²) in [5.74, 6) is 0.694. The molecule has 0 bridgehead atoms. The minimum atomic E-state index is -0.150. The molecule has 6 heteroatoms. The highest BCUT2D eigenvalue weighted by Gasteiger charge is 2.30. The molecule has 0 saturated carbocycles. The van der Waals surface area contributed by atoms with Crippen molar-refractivity contribution in [2.45, 2.75) is 37.4 Å². The van der Waals surface area contributed by atoms with Crippen molar-refractivity contribution in [1.82, 2.24) is 5.32 Å². The van der Waals surface area contributed by atoms with Crippen LogP contribution in [0.5, 0.6) is 0 Å². The largest absolute Gasteiger partial charge is 0.366 e. The van der Waals surface area contributed by atoms with Crippen molar-refractivity contribution in [3.8, 4) is 0 Å². The third-order valence-electron chi connectivity index (χ3n) is 2.40. The van der Waals surface area contributed by atoms with Crippen LogP contribution in [0.1, 0.15) is 32.1 Å². The minimum absolute atomic E-state index is 0.119. The third kappa shape index (κ3) is 5.28. The first kappa shape index (κ1) is 13.9. The lowest BCUT2D eigenvalue weighted by atomic mass is 10.2. The lowest BCUT2D eigenvalue weighted by Crippen LogP contribution is -2.23. The maximum atomic E-state index is 11.2. The van der Waals surface area contributed by atoms with Gasteiger partial charge in [-0.05, 0) is 18.6 Å². The molecule has 0 aromatic heterocycles. The molecule has 1 N–H and O–H groups in total. The highest BCUT2D eigenvalue weighted by atomic mass is 32.2. The molecule has 1 aliphatic heterocycles. The summed E-state index contributed by atoms with van der Waals surface area (Å²) in [4.78, 5) is 22.1. The standard InChI is InChI=1S/C10H18NO3PS/c12-9-7-8(10(13)11-9)16-6-4-2-1-3-5-14-15/h8H,1-7,15H2,(H,11,12,13). The molecule has 1 aliphatic rings. The van der Waals surface area contributed by atoms with Crippen LogP contribution in [0.2, 0.25) is 0 Å². The van der Waals surface area contributed by atoms with Crippen LogP contribution in [0, 0.1) is 0 Å². The minimum Gasteiger partial charge on any atom is -0.366 e. The predicted octanol–water partition coefficient (Wildman–Crippen LogP) is 1.50. The fourth-order valence-corrected chi connectivity index (χ4v) is 2.83. The van der Waals surface area contributed by atoms with Gasteiger partial charge in [0, 0.05) is 15.9 Å². The van der Waals surface area contributed by atoms with Crippen molar-refractivity contribution >= 4 is 33.0 Å². The molecule has 0 aliphatic carbocycles. The zero-order chi connectivity index (χ0) is 11.8. The fraction of sp³-hybridized carbons (Fsp3) is 0.800. The summed E-state index contributed by atoms with van der Waals surface area (Å²) in [6, 6.07) is 0. The van der Waals surface area contributed by atoms with E-state index in [1.807, 2.05) is 0 Å². The average molecular weight is 263 g/mol. The van der Waals surface area contributed by atoms with E-state index in [1.165, 1.54) is 0 Å². The van der Waals surface area contributed by atoms with Gasteiger partial charge in [-0.25, -0.2) is 0 Å². The van der Waals surface area contributed by atoms with Crippen molar-refractivity contribution in [1.29, 1.82) is 0 Å². The van der Waals surface area contributed by atoms with Gasteiger partial charge in [-0.15, -0.1) is 11.8 Å². The topological polar surface area (TPSA) is 55.4 Å². The third-order valence-corrected chi connectivity index (χ3v) is 3.94. The van der Waals surface area contributed by atoms with E-state index in [2.05, 4.69) is 14.8 Å². The summed E-state index contributed by atoms with van der Waals surface area (Å²) in [5, 5.41) is 2.17. The molecule has 4 nitrogen and oxygen atoms in total. The van der Waals surface area contributed by atoms with Gasteiger partial charge in [0.15, 0.2) is 0 Å². The number of imide groups is 1. The zero-order valence-electron chi connectivity index (χ0n) is 9.24. The van der Waals surface area contributed by atoms with Gasteiger partial charge in [-0.3, -0.25) is 14.9 Å². The maximum Gasteiger partial charge on any atom is 0.240 e. The van der Waals surface area contributed by atoms with E-state index < -0.39 is 0 Å². The summed E-state index contributed by atoms with van der Waals surface area (Å²) >= 11 is 1.59. The Labute approximate surface area is 103 Å². The van der Waals surface area contributed by atoms with Gasteiger partial charge in [0.25, 0.3) is 0 Å². The van der Waals surface area contributed by atoms with E-state index in [1.54, 1.807) is 11.8 Å². The number of rotatable bonds is 8. The van der Waals surface area contributed by atoms with Crippen LogP contribution in [0.3, 0.4) is 0 Å². The Morgan fingerprint density at radius 2 is 2.06 bits per heavy atom. The number of amides is 2. The number of carbonyl (C=O) groups is 2. The van der Waals surface area contributed by atoms with Crippen LogP contribution in [-0.4, -0.2) is 29.4 Å². The first-order valence-electron chi connectivity index (χ1n) is 5.51. The van der Waals surface area contributed by atoms with Gasteiger partial charge in [-0.1, -0.05) is 12.8 Å². The fourth-order valence-electron chi connectivity index (χ4n) is 1.53. The van der Waals surface area contributed by atoms with Crippen LogP contribution >= 0.6 is 21.2 Å². The summed E-state index contributed by atoms with van der Waals surface area (Å²) in [7, 11) is 2.24. The number of thioether (sulfide) groups is 1. The Morgan fingerprint density at radius 3 is 2.69 bits per heavy atom. The van der Waals surface area contributed by atoms with E-state index in [4.69, 9.17) is 4.52 Å². The molecule has 92 valence electrons. The van der Waals surface area contributed by atoms with E-state index >= 15 is 0 Å². The number of unbranched alkanes of at least 4 members (excludes halogenated alkanes) is 3. The molecule has 1 heterocycles. The molecular formula is C10H18NO3PS. The zero-order valence-corrected chi connectivity index (χ0v) is 11.2. The summed E-state index contributed by atoms with van der Waals surface area (Å²) in [6.45, 7) is 0.789. The Kier molecular flexibility index (Phi) is 7.01. The molecular weight excluding hydrogens is 245 g/mol. The number of hydrogen-bond donors (Lipinski definition) is 1. The molecule has 2 atom stereocenters. The molecule has 1 fully saturated rings. The molecule has 0 aromatic rings. The maximum absolute atomic E-state index is 11.2. The van der Waals surface area contributed by atoms with Crippen LogP contribution < -0.4 is 5.32 Å². The second-order valence-electron chi connectivity index (χ2n) is 3.76. The number of carbonyl (C=O) groups excluding carboxylic acids is 2. The number of nitrogens with one attached hydrogen (secondary N) is 1. The second-order valence-corrected chi connectivity index (χ2v) is 5.40. The van der Waals surface area contributed by atoms with Gasteiger partial charge >= 0.3 is 0 Å². The average Bonchev–Trinajstić information content (AvgIpc) is 2.56. The first-order valence-corrected chi connectivity index (χ1v) is 7.03. The first-order chi connectivity index (χ1) is 7.74. The van der Waals surface area contributed by atoms with Gasteiger partial charge < -0.3 is 4.52 Å². The molecule has 2 unspecified atom stereocenters. The van der Waals surface area contributed by atoms with Gasteiger partial charge in [0.2, 0.25) is 11.8 Å². The Hall–Kier alpha value is -0.120. The molecule has 0 spiro atoms. The van der Waals surface area contributed by atoms with Crippen LogP contribution in [0.4, 0.5) is 0 Å². The van der Waals surface area contributed by atoms with Gasteiger partial charge in [-0.2, -0.15) is 0 Å². The van der Waals surface area contributed by atoms with Crippen molar-refractivity contribution in [3.05, 3.63) is 0 Å². The van der Waals surface area contributed by atoms with Gasteiger partial charge in [0.1, 0.15) is 0 Å². The van der Waals surface area contributed by atoms with E-state index in [9.17, 15) is 9.59 Å². The van der Waals surface area contributed by atoms with Crippen LogP contribution in [0.15, 0.2) is 0 Å². The van der Waals surface area contributed by atoms with Crippen molar-refractivity contribution < 1.29 is 14.1 Å². The summed E-state index contributed by atoms with van der Waals surface area (Å²) in [5.41, 5.74) is 0. The van der Waals surface area contributed by atoms with E-state index in [-0.39, 0.29) is 17.1 Å².